The quantitative estimate of drug-likeness (QED) is 0.837. The molecule has 3 rings (SSSR count). The topological polar surface area (TPSA) is 24.9 Å². The van der Waals surface area contributed by atoms with Crippen LogP contribution < -0.4 is 5.32 Å². The molecule has 2 nitrogen and oxygen atoms in total. The molecular weight excluding hydrogens is 244 g/mol. The zero-order valence-corrected chi connectivity index (χ0v) is 12.9. The molecule has 2 aliphatic rings. The Bertz CT molecular complexity index is 443. The third-order valence-corrected chi connectivity index (χ3v) is 5.52. The molecule has 0 aliphatic heterocycles. The highest BCUT2D eigenvalue weighted by Crippen LogP contribution is 2.51. The lowest BCUT2D eigenvalue weighted by Crippen LogP contribution is -2.27. The van der Waals surface area contributed by atoms with Gasteiger partial charge >= 0.3 is 0 Å². The lowest BCUT2D eigenvalue weighted by atomic mass is 9.82. The van der Waals surface area contributed by atoms with Crippen molar-refractivity contribution < 1.29 is 0 Å². The Morgan fingerprint density at radius 3 is 2.90 bits per heavy atom. The van der Waals surface area contributed by atoms with Gasteiger partial charge < -0.3 is 5.32 Å². The summed E-state index contributed by atoms with van der Waals surface area (Å²) in [4.78, 5) is 4.36. The van der Waals surface area contributed by atoms with E-state index in [4.69, 9.17) is 0 Å². The summed E-state index contributed by atoms with van der Waals surface area (Å²) in [5.41, 5.74) is 2.81. The number of fused-ring (bicyclic) bond motifs is 2. The number of pyridine rings is 1. The molecule has 1 aromatic heterocycles. The Labute approximate surface area is 123 Å². The van der Waals surface area contributed by atoms with Gasteiger partial charge in [-0.2, -0.15) is 0 Å². The fourth-order valence-electron chi connectivity index (χ4n) is 4.45. The van der Waals surface area contributed by atoms with Gasteiger partial charge in [0.25, 0.3) is 0 Å². The molecule has 2 heteroatoms. The SMILES string of the molecule is CCCNC(CC1CC2CCC1C2)c1cnccc1C. The number of nitrogens with zero attached hydrogens (tertiary/aromatic N) is 1. The summed E-state index contributed by atoms with van der Waals surface area (Å²) in [6.45, 7) is 5.58. The number of aryl methyl sites for hydroxylation is 1. The molecule has 2 fully saturated rings. The predicted molar refractivity (Wildman–Crippen MR) is 83.6 cm³/mol. The number of rotatable bonds is 6. The van der Waals surface area contributed by atoms with Crippen LogP contribution in [0.1, 0.15) is 62.6 Å². The first-order valence-corrected chi connectivity index (χ1v) is 8.41. The molecule has 4 atom stereocenters. The van der Waals surface area contributed by atoms with Crippen LogP contribution in [0.5, 0.6) is 0 Å². The van der Waals surface area contributed by atoms with Gasteiger partial charge in [-0.3, -0.25) is 4.98 Å². The maximum Gasteiger partial charge on any atom is 0.0340 e. The summed E-state index contributed by atoms with van der Waals surface area (Å²) in [6.07, 6.45) is 12.5. The Morgan fingerprint density at radius 2 is 2.25 bits per heavy atom. The van der Waals surface area contributed by atoms with E-state index in [1.54, 1.807) is 0 Å². The largest absolute Gasteiger partial charge is 0.310 e. The summed E-state index contributed by atoms with van der Waals surface area (Å²) < 4.78 is 0. The van der Waals surface area contributed by atoms with Crippen molar-refractivity contribution in [1.82, 2.24) is 10.3 Å². The molecule has 1 heterocycles. The van der Waals surface area contributed by atoms with Gasteiger partial charge in [0.1, 0.15) is 0 Å². The smallest absolute Gasteiger partial charge is 0.0340 e. The van der Waals surface area contributed by atoms with Crippen LogP contribution >= 0.6 is 0 Å². The Kier molecular flexibility index (Phi) is 4.40. The number of hydrogen-bond acceptors (Lipinski definition) is 2. The van der Waals surface area contributed by atoms with Crippen LogP contribution in [0.2, 0.25) is 0 Å². The second-order valence-corrected chi connectivity index (χ2v) is 6.91. The van der Waals surface area contributed by atoms with E-state index < -0.39 is 0 Å². The lowest BCUT2D eigenvalue weighted by molar-refractivity contribution is 0.278. The molecule has 110 valence electrons. The Balaban J connectivity index is 1.71. The molecule has 1 aromatic rings. The maximum absolute atomic E-state index is 4.36. The van der Waals surface area contributed by atoms with Crippen molar-refractivity contribution in [2.24, 2.45) is 17.8 Å². The van der Waals surface area contributed by atoms with Crippen molar-refractivity contribution >= 4 is 0 Å². The highest BCUT2D eigenvalue weighted by atomic mass is 14.9. The van der Waals surface area contributed by atoms with E-state index in [9.17, 15) is 0 Å². The molecule has 1 N–H and O–H groups in total. The molecule has 0 amide bonds. The van der Waals surface area contributed by atoms with Crippen molar-refractivity contribution in [3.05, 3.63) is 29.6 Å². The molecule has 0 radical (unpaired) electrons. The van der Waals surface area contributed by atoms with E-state index in [-0.39, 0.29) is 0 Å². The summed E-state index contributed by atoms with van der Waals surface area (Å²) in [5, 5.41) is 3.77. The first kappa shape index (κ1) is 14.1. The van der Waals surface area contributed by atoms with Crippen LogP contribution in [-0.2, 0) is 0 Å². The monoisotopic (exact) mass is 272 g/mol. The molecule has 20 heavy (non-hydrogen) atoms. The summed E-state index contributed by atoms with van der Waals surface area (Å²) in [5.74, 6) is 3.01. The Morgan fingerprint density at radius 1 is 1.35 bits per heavy atom. The summed E-state index contributed by atoms with van der Waals surface area (Å²) >= 11 is 0. The van der Waals surface area contributed by atoms with Crippen molar-refractivity contribution in [2.75, 3.05) is 6.54 Å². The lowest BCUT2D eigenvalue weighted by Gasteiger charge is -2.28. The van der Waals surface area contributed by atoms with Crippen molar-refractivity contribution in [1.29, 1.82) is 0 Å². The van der Waals surface area contributed by atoms with Crippen molar-refractivity contribution in [2.45, 2.75) is 58.4 Å². The molecule has 0 aromatic carbocycles. The second-order valence-electron chi connectivity index (χ2n) is 6.91. The van der Waals surface area contributed by atoms with Crippen molar-refractivity contribution in [3.8, 4) is 0 Å². The average Bonchev–Trinajstić information content (AvgIpc) is 3.06. The fraction of sp³-hybridized carbons (Fsp3) is 0.722. The highest BCUT2D eigenvalue weighted by molar-refractivity contribution is 5.25. The van der Waals surface area contributed by atoms with Gasteiger partial charge in [0, 0.05) is 18.4 Å². The fourth-order valence-corrected chi connectivity index (χ4v) is 4.45. The van der Waals surface area contributed by atoms with Crippen LogP contribution in [0, 0.1) is 24.7 Å². The zero-order chi connectivity index (χ0) is 13.9. The standard InChI is InChI=1S/C18H28N2/c1-3-7-20-18(17-12-19-8-6-13(17)2)11-16-10-14-4-5-15(16)9-14/h6,8,12,14-16,18,20H,3-5,7,9-11H2,1-2H3. The van der Waals surface area contributed by atoms with Crippen LogP contribution in [0.15, 0.2) is 18.5 Å². The zero-order valence-electron chi connectivity index (χ0n) is 12.9. The average molecular weight is 272 g/mol. The van der Waals surface area contributed by atoms with Gasteiger partial charge in [-0.25, -0.2) is 0 Å². The minimum absolute atomic E-state index is 0.507. The van der Waals surface area contributed by atoms with E-state index in [1.165, 1.54) is 49.7 Å². The maximum atomic E-state index is 4.36. The van der Waals surface area contributed by atoms with E-state index in [2.05, 4.69) is 36.4 Å². The number of aromatic nitrogens is 1. The van der Waals surface area contributed by atoms with Crippen molar-refractivity contribution in [3.63, 3.8) is 0 Å². The van der Waals surface area contributed by atoms with E-state index in [0.29, 0.717) is 6.04 Å². The van der Waals surface area contributed by atoms with Crippen LogP contribution in [-0.4, -0.2) is 11.5 Å². The third-order valence-electron chi connectivity index (χ3n) is 5.52. The van der Waals surface area contributed by atoms with E-state index in [0.717, 1.165) is 24.3 Å². The predicted octanol–water partition coefficient (Wildman–Crippen LogP) is 4.26. The minimum Gasteiger partial charge on any atom is -0.310 e. The van der Waals surface area contributed by atoms with E-state index >= 15 is 0 Å². The van der Waals surface area contributed by atoms with Gasteiger partial charge in [-0.1, -0.05) is 13.3 Å². The minimum atomic E-state index is 0.507. The van der Waals surface area contributed by atoms with E-state index in [1.807, 2.05) is 6.20 Å². The summed E-state index contributed by atoms with van der Waals surface area (Å²) in [7, 11) is 0. The molecular formula is C18H28N2. The number of nitrogens with one attached hydrogen (secondary N) is 1. The molecule has 4 unspecified atom stereocenters. The first-order chi connectivity index (χ1) is 9.78. The normalized spacial score (nSPS) is 29.8. The van der Waals surface area contributed by atoms with Crippen LogP contribution in [0.25, 0.3) is 0 Å². The third kappa shape index (κ3) is 2.90. The Hall–Kier alpha value is -0.890. The second kappa shape index (κ2) is 6.26. The molecule has 0 saturated heterocycles. The molecule has 0 spiro atoms. The van der Waals surface area contributed by atoms with Gasteiger partial charge in [-0.05, 0) is 80.5 Å². The molecule has 2 bridgehead atoms. The van der Waals surface area contributed by atoms with Gasteiger partial charge in [0.2, 0.25) is 0 Å². The van der Waals surface area contributed by atoms with Gasteiger partial charge in [0.15, 0.2) is 0 Å². The summed E-state index contributed by atoms with van der Waals surface area (Å²) in [6, 6.07) is 2.66. The van der Waals surface area contributed by atoms with Gasteiger partial charge in [-0.15, -0.1) is 0 Å². The van der Waals surface area contributed by atoms with Crippen LogP contribution in [0.3, 0.4) is 0 Å². The number of hydrogen-bond donors (Lipinski definition) is 1. The van der Waals surface area contributed by atoms with Crippen LogP contribution in [0.4, 0.5) is 0 Å². The molecule has 2 saturated carbocycles. The highest BCUT2D eigenvalue weighted by Gasteiger charge is 2.40. The molecule has 2 aliphatic carbocycles. The van der Waals surface area contributed by atoms with Gasteiger partial charge in [0.05, 0.1) is 0 Å². The first-order valence-electron chi connectivity index (χ1n) is 8.41.